The fourth-order valence-electron chi connectivity index (χ4n) is 3.42. The Morgan fingerprint density at radius 3 is 1.74 bits per heavy atom. The lowest BCUT2D eigenvalue weighted by atomic mass is 9.87. The van der Waals surface area contributed by atoms with Crippen LogP contribution in [0.2, 0.25) is 0 Å². The van der Waals surface area contributed by atoms with Crippen molar-refractivity contribution >= 4 is 33.8 Å². The van der Waals surface area contributed by atoms with Crippen LogP contribution in [-0.4, -0.2) is 37.3 Å². The number of ether oxygens (including phenoxy) is 1. The van der Waals surface area contributed by atoms with E-state index in [1.54, 1.807) is 34.8 Å². The fraction of sp³-hybridized carbons (Fsp3) is 0.154. The van der Waals surface area contributed by atoms with Crippen molar-refractivity contribution in [3.8, 4) is 11.5 Å². The number of hydrogen-bond donors (Lipinski definition) is 1. The van der Waals surface area contributed by atoms with E-state index in [1.165, 1.54) is 16.7 Å². The molecule has 0 spiro atoms. The highest BCUT2D eigenvalue weighted by molar-refractivity contribution is 7.08. The number of thiophene rings is 2. The molecule has 0 unspecified atom stereocenters. The number of rotatable bonds is 8. The molecule has 158 valence electrons. The standard InChI is InChI=1S/C26H25NO2S2/c1-27(2)13-14-29-24-9-5-20(6-10-24)25(19-3-7-23(28)8-4-19)26(21-11-15-30-17-21)22-12-16-31-18-22/h3-12,15-18,28H,13-14H2,1-2H3. The van der Waals surface area contributed by atoms with Gasteiger partial charge < -0.3 is 14.7 Å². The molecule has 0 atom stereocenters. The highest BCUT2D eigenvalue weighted by Gasteiger charge is 2.17. The molecule has 0 aliphatic carbocycles. The molecular weight excluding hydrogens is 422 g/mol. The van der Waals surface area contributed by atoms with Gasteiger partial charge in [-0.15, -0.1) is 0 Å². The molecule has 3 nitrogen and oxygen atoms in total. The van der Waals surface area contributed by atoms with E-state index >= 15 is 0 Å². The third-order valence-electron chi connectivity index (χ3n) is 4.98. The molecule has 0 aliphatic heterocycles. The summed E-state index contributed by atoms with van der Waals surface area (Å²) in [5.74, 6) is 1.13. The first-order valence-electron chi connectivity index (χ1n) is 10.1. The zero-order chi connectivity index (χ0) is 21.6. The number of phenols is 1. The molecule has 0 bridgehead atoms. The predicted molar refractivity (Wildman–Crippen MR) is 132 cm³/mol. The normalized spacial score (nSPS) is 10.9. The van der Waals surface area contributed by atoms with E-state index in [9.17, 15) is 5.11 Å². The number of aromatic hydroxyl groups is 1. The Morgan fingerprint density at radius 1 is 0.742 bits per heavy atom. The van der Waals surface area contributed by atoms with Crippen LogP contribution in [0.25, 0.3) is 11.1 Å². The van der Waals surface area contributed by atoms with Gasteiger partial charge in [0, 0.05) is 6.54 Å². The number of nitrogens with zero attached hydrogens (tertiary/aromatic N) is 1. The molecule has 2 aromatic heterocycles. The lowest BCUT2D eigenvalue weighted by Gasteiger charge is -2.17. The zero-order valence-electron chi connectivity index (χ0n) is 17.6. The van der Waals surface area contributed by atoms with Crippen molar-refractivity contribution in [2.75, 3.05) is 27.2 Å². The minimum atomic E-state index is 0.264. The molecule has 0 saturated heterocycles. The van der Waals surface area contributed by atoms with Crippen molar-refractivity contribution in [1.82, 2.24) is 4.90 Å². The van der Waals surface area contributed by atoms with Gasteiger partial charge in [-0.3, -0.25) is 0 Å². The van der Waals surface area contributed by atoms with Crippen LogP contribution in [0.5, 0.6) is 11.5 Å². The molecule has 0 amide bonds. The third kappa shape index (κ3) is 5.25. The minimum absolute atomic E-state index is 0.264. The predicted octanol–water partition coefficient (Wildman–Crippen LogP) is 6.46. The van der Waals surface area contributed by atoms with Crippen molar-refractivity contribution in [3.63, 3.8) is 0 Å². The van der Waals surface area contributed by atoms with E-state index in [1.807, 2.05) is 38.4 Å². The Labute approximate surface area is 191 Å². The molecule has 2 heterocycles. The summed E-state index contributed by atoms with van der Waals surface area (Å²) in [6, 6.07) is 20.1. The maximum Gasteiger partial charge on any atom is 0.119 e. The highest BCUT2D eigenvalue weighted by Crippen LogP contribution is 2.39. The summed E-state index contributed by atoms with van der Waals surface area (Å²) in [6.45, 7) is 1.53. The summed E-state index contributed by atoms with van der Waals surface area (Å²) < 4.78 is 5.89. The summed E-state index contributed by atoms with van der Waals surface area (Å²) in [6.07, 6.45) is 0. The summed E-state index contributed by atoms with van der Waals surface area (Å²) >= 11 is 3.39. The van der Waals surface area contributed by atoms with Gasteiger partial charge in [0.1, 0.15) is 18.1 Å². The number of benzene rings is 2. The van der Waals surface area contributed by atoms with Crippen LogP contribution in [-0.2, 0) is 0 Å². The van der Waals surface area contributed by atoms with Crippen molar-refractivity contribution in [3.05, 3.63) is 104 Å². The molecule has 31 heavy (non-hydrogen) atoms. The average Bonchev–Trinajstić information content (AvgIpc) is 3.48. The van der Waals surface area contributed by atoms with Gasteiger partial charge in [0.2, 0.25) is 0 Å². The second-order valence-electron chi connectivity index (χ2n) is 7.50. The Bertz CT molecular complexity index is 1080. The van der Waals surface area contributed by atoms with E-state index in [4.69, 9.17) is 4.74 Å². The summed E-state index contributed by atoms with van der Waals surface area (Å²) in [5.41, 5.74) is 6.88. The number of likely N-dealkylation sites (N-methyl/N-ethyl adjacent to an activating group) is 1. The van der Waals surface area contributed by atoms with Crippen LogP contribution in [0.4, 0.5) is 0 Å². The van der Waals surface area contributed by atoms with Gasteiger partial charge in [0.25, 0.3) is 0 Å². The molecule has 0 fully saturated rings. The first-order valence-corrected chi connectivity index (χ1v) is 12.0. The molecule has 0 aliphatic rings. The first-order chi connectivity index (χ1) is 15.1. The molecule has 2 aromatic carbocycles. The van der Waals surface area contributed by atoms with Crippen LogP contribution in [0, 0.1) is 0 Å². The maximum atomic E-state index is 9.84. The largest absolute Gasteiger partial charge is 0.508 e. The van der Waals surface area contributed by atoms with Crippen molar-refractivity contribution in [2.24, 2.45) is 0 Å². The maximum absolute atomic E-state index is 9.84. The quantitative estimate of drug-likeness (QED) is 0.336. The fourth-order valence-corrected chi connectivity index (χ4v) is 4.71. The van der Waals surface area contributed by atoms with Crippen LogP contribution in [0.1, 0.15) is 22.3 Å². The van der Waals surface area contributed by atoms with Crippen LogP contribution >= 0.6 is 22.7 Å². The van der Waals surface area contributed by atoms with Gasteiger partial charge in [-0.25, -0.2) is 0 Å². The molecule has 4 rings (SSSR count). The lowest BCUT2D eigenvalue weighted by molar-refractivity contribution is 0.261. The summed E-state index contributed by atoms with van der Waals surface area (Å²) in [4.78, 5) is 2.11. The van der Waals surface area contributed by atoms with Crippen LogP contribution in [0.15, 0.2) is 82.2 Å². The smallest absolute Gasteiger partial charge is 0.119 e. The molecular formula is C26H25NO2S2. The number of hydrogen-bond acceptors (Lipinski definition) is 5. The number of phenolic OH excluding ortho intramolecular Hbond substituents is 1. The molecule has 0 saturated carbocycles. The summed E-state index contributed by atoms with van der Waals surface area (Å²) in [7, 11) is 4.08. The van der Waals surface area contributed by atoms with Crippen LogP contribution < -0.4 is 4.74 Å². The van der Waals surface area contributed by atoms with Gasteiger partial charge in [0.05, 0.1) is 0 Å². The van der Waals surface area contributed by atoms with Crippen molar-refractivity contribution < 1.29 is 9.84 Å². The zero-order valence-corrected chi connectivity index (χ0v) is 19.2. The lowest BCUT2D eigenvalue weighted by Crippen LogP contribution is -2.19. The Balaban J connectivity index is 1.82. The van der Waals surface area contributed by atoms with Gasteiger partial charge >= 0.3 is 0 Å². The minimum Gasteiger partial charge on any atom is -0.508 e. The Hall–Kier alpha value is -2.86. The van der Waals surface area contributed by atoms with Crippen molar-refractivity contribution in [2.45, 2.75) is 0 Å². The SMILES string of the molecule is CN(C)CCOc1ccc(C(=C(c2ccsc2)c2ccsc2)c2ccc(O)cc2)cc1. The van der Waals surface area contributed by atoms with Gasteiger partial charge in [-0.05, 0) is 105 Å². The van der Waals surface area contributed by atoms with Gasteiger partial charge in [-0.1, -0.05) is 24.3 Å². The van der Waals surface area contributed by atoms with Crippen LogP contribution in [0.3, 0.4) is 0 Å². The molecule has 1 N–H and O–H groups in total. The van der Waals surface area contributed by atoms with E-state index < -0.39 is 0 Å². The monoisotopic (exact) mass is 447 g/mol. The van der Waals surface area contributed by atoms with E-state index in [0.29, 0.717) is 6.61 Å². The molecule has 4 aromatic rings. The first kappa shape index (κ1) is 21.4. The second-order valence-corrected chi connectivity index (χ2v) is 9.06. The van der Waals surface area contributed by atoms with E-state index in [-0.39, 0.29) is 5.75 Å². The third-order valence-corrected chi connectivity index (χ3v) is 6.34. The topological polar surface area (TPSA) is 32.7 Å². The van der Waals surface area contributed by atoms with Gasteiger partial charge in [0.15, 0.2) is 0 Å². The van der Waals surface area contributed by atoms with Gasteiger partial charge in [-0.2, -0.15) is 22.7 Å². The second kappa shape index (κ2) is 9.96. The molecule has 5 heteroatoms. The van der Waals surface area contributed by atoms with E-state index in [2.05, 4.69) is 50.7 Å². The highest BCUT2D eigenvalue weighted by atomic mass is 32.1. The Kier molecular flexibility index (Phi) is 6.87. The van der Waals surface area contributed by atoms with E-state index in [0.717, 1.165) is 29.0 Å². The summed E-state index contributed by atoms with van der Waals surface area (Å²) in [5, 5.41) is 18.4. The average molecular weight is 448 g/mol. The van der Waals surface area contributed by atoms with Crippen molar-refractivity contribution in [1.29, 1.82) is 0 Å². The molecule has 0 radical (unpaired) electrons. The Morgan fingerprint density at radius 2 is 1.26 bits per heavy atom.